The van der Waals surface area contributed by atoms with Crippen LogP contribution in [0.25, 0.3) is 6.08 Å². The predicted octanol–water partition coefficient (Wildman–Crippen LogP) is 3.09. The lowest BCUT2D eigenvalue weighted by molar-refractivity contribution is -0.114. The molecule has 126 valence electrons. The average molecular weight is 353 g/mol. The predicted molar refractivity (Wildman–Crippen MR) is 97.9 cm³/mol. The molecule has 0 aliphatic carbocycles. The Morgan fingerprint density at radius 2 is 1.84 bits per heavy atom. The van der Waals surface area contributed by atoms with Gasteiger partial charge < -0.3 is 5.73 Å². The number of nitrogens with zero attached hydrogens (tertiary/aromatic N) is 3. The van der Waals surface area contributed by atoms with Crippen molar-refractivity contribution in [1.29, 1.82) is 0 Å². The molecular weight excluding hydrogens is 336 g/mol. The smallest absolute Gasteiger partial charge is 0.245 e. The van der Waals surface area contributed by atoms with E-state index >= 15 is 0 Å². The number of aromatic nitrogens is 3. The second-order valence-corrected chi connectivity index (χ2v) is 6.03. The number of rotatable bonds is 6. The highest BCUT2D eigenvalue weighted by Crippen LogP contribution is 2.16. The molecule has 0 saturated heterocycles. The lowest BCUT2D eigenvalue weighted by Gasteiger charge is -2.03. The van der Waals surface area contributed by atoms with E-state index in [0.29, 0.717) is 29.3 Å². The molecule has 6 heteroatoms. The molecule has 0 aliphatic heterocycles. The van der Waals surface area contributed by atoms with Gasteiger partial charge in [-0.2, -0.15) is 0 Å². The number of amides is 1. The summed E-state index contributed by atoms with van der Waals surface area (Å²) < 4.78 is 1.69. The number of carbonyl (C=O) groups is 1. The molecule has 25 heavy (non-hydrogen) atoms. The van der Waals surface area contributed by atoms with Crippen LogP contribution in [-0.2, 0) is 17.8 Å². The van der Waals surface area contributed by atoms with Crippen LogP contribution < -0.4 is 5.73 Å². The topological polar surface area (TPSA) is 73.8 Å². The Kier molecular flexibility index (Phi) is 5.26. The van der Waals surface area contributed by atoms with Gasteiger partial charge >= 0.3 is 0 Å². The summed E-state index contributed by atoms with van der Waals surface area (Å²) >= 11 is 6.17. The van der Waals surface area contributed by atoms with E-state index in [4.69, 9.17) is 17.3 Å². The molecule has 1 heterocycles. The molecule has 0 atom stereocenters. The number of primary amides is 1. The van der Waals surface area contributed by atoms with Crippen molar-refractivity contribution in [2.75, 3.05) is 0 Å². The Balaban J connectivity index is 1.76. The molecule has 0 aliphatic rings. The molecular formula is C19H17ClN4O. The normalized spacial score (nSPS) is 11.5. The van der Waals surface area contributed by atoms with Crippen LogP contribution in [0.15, 0.2) is 66.4 Å². The molecule has 0 radical (unpaired) electrons. The van der Waals surface area contributed by atoms with Crippen LogP contribution in [0.4, 0.5) is 0 Å². The fraction of sp³-hybridized carbons (Fsp3) is 0.105. The van der Waals surface area contributed by atoms with E-state index in [9.17, 15) is 4.79 Å². The molecule has 3 aromatic rings. The van der Waals surface area contributed by atoms with Gasteiger partial charge in [-0.25, -0.2) is 4.68 Å². The van der Waals surface area contributed by atoms with Gasteiger partial charge in [-0.05, 0) is 23.3 Å². The molecule has 1 aromatic heterocycles. The average Bonchev–Trinajstić information content (AvgIpc) is 3.04. The largest absolute Gasteiger partial charge is 0.366 e. The summed E-state index contributed by atoms with van der Waals surface area (Å²) in [7, 11) is 0. The Morgan fingerprint density at radius 3 is 2.56 bits per heavy atom. The lowest BCUT2D eigenvalue weighted by Crippen LogP contribution is -2.15. The van der Waals surface area contributed by atoms with Crippen molar-refractivity contribution < 1.29 is 4.79 Å². The summed E-state index contributed by atoms with van der Waals surface area (Å²) in [5.41, 5.74) is 8.53. The number of hydrogen-bond donors (Lipinski definition) is 1. The van der Waals surface area contributed by atoms with Crippen molar-refractivity contribution in [3.05, 3.63) is 88.2 Å². The molecule has 5 nitrogen and oxygen atoms in total. The van der Waals surface area contributed by atoms with E-state index in [1.54, 1.807) is 17.0 Å². The quantitative estimate of drug-likeness (QED) is 0.693. The summed E-state index contributed by atoms with van der Waals surface area (Å²) in [6.07, 6.45) is 3.90. The number of hydrogen-bond acceptors (Lipinski definition) is 3. The number of carbonyl (C=O) groups excluding carboxylic acids is 1. The summed E-state index contributed by atoms with van der Waals surface area (Å²) in [5, 5.41) is 8.91. The fourth-order valence-corrected chi connectivity index (χ4v) is 2.65. The van der Waals surface area contributed by atoms with Crippen molar-refractivity contribution in [3.8, 4) is 0 Å². The molecule has 0 fully saturated rings. The fourth-order valence-electron chi connectivity index (χ4n) is 2.45. The molecule has 2 aromatic carbocycles. The third-order valence-electron chi connectivity index (χ3n) is 3.70. The third kappa shape index (κ3) is 4.55. The van der Waals surface area contributed by atoms with E-state index < -0.39 is 5.91 Å². The van der Waals surface area contributed by atoms with E-state index in [2.05, 4.69) is 10.3 Å². The first-order valence-corrected chi connectivity index (χ1v) is 8.17. The monoisotopic (exact) mass is 352 g/mol. The van der Waals surface area contributed by atoms with Gasteiger partial charge in [-0.15, -0.1) is 5.10 Å². The Labute approximate surface area is 150 Å². The highest BCUT2D eigenvalue weighted by Gasteiger charge is 2.10. The minimum Gasteiger partial charge on any atom is -0.366 e. The van der Waals surface area contributed by atoms with Gasteiger partial charge in [0.1, 0.15) is 0 Å². The number of benzene rings is 2. The first-order chi connectivity index (χ1) is 12.1. The molecule has 3 rings (SSSR count). The van der Waals surface area contributed by atoms with Gasteiger partial charge in [0.05, 0.1) is 12.2 Å². The zero-order chi connectivity index (χ0) is 17.6. The highest BCUT2D eigenvalue weighted by atomic mass is 35.5. The van der Waals surface area contributed by atoms with E-state index in [0.717, 1.165) is 11.1 Å². The minimum atomic E-state index is -0.468. The van der Waals surface area contributed by atoms with E-state index in [1.807, 2.05) is 54.6 Å². The number of halogens is 1. The summed E-state index contributed by atoms with van der Waals surface area (Å²) in [6.45, 7) is 0.515. The molecule has 2 N–H and O–H groups in total. The highest BCUT2D eigenvalue weighted by molar-refractivity contribution is 6.31. The van der Waals surface area contributed by atoms with Gasteiger partial charge in [0.15, 0.2) is 0 Å². The van der Waals surface area contributed by atoms with Gasteiger partial charge in [0.2, 0.25) is 5.91 Å². The van der Waals surface area contributed by atoms with Crippen LogP contribution >= 0.6 is 11.6 Å². The standard InChI is InChI=1S/C19H17ClN4O/c20-18-9-5-4-8-15(18)12-24-13-17(22-23-24)11-16(19(21)25)10-14-6-2-1-3-7-14/h1-10,13H,11-12H2,(H2,21,25). The van der Waals surface area contributed by atoms with Crippen LogP contribution in [0.5, 0.6) is 0 Å². The zero-order valence-corrected chi connectivity index (χ0v) is 14.2. The second kappa shape index (κ2) is 7.77. The van der Waals surface area contributed by atoms with Gasteiger partial charge in [0, 0.05) is 23.2 Å². The molecule has 0 bridgehead atoms. The summed E-state index contributed by atoms with van der Waals surface area (Å²) in [5.74, 6) is -0.468. The van der Waals surface area contributed by atoms with Crippen molar-refractivity contribution in [2.24, 2.45) is 5.73 Å². The molecule has 0 saturated carbocycles. The van der Waals surface area contributed by atoms with Crippen LogP contribution in [-0.4, -0.2) is 20.9 Å². The van der Waals surface area contributed by atoms with Crippen molar-refractivity contribution in [2.45, 2.75) is 13.0 Å². The van der Waals surface area contributed by atoms with Crippen LogP contribution in [0.2, 0.25) is 5.02 Å². The first-order valence-electron chi connectivity index (χ1n) is 7.79. The summed E-state index contributed by atoms with van der Waals surface area (Å²) in [6, 6.07) is 17.1. The Bertz CT molecular complexity index is 903. The first kappa shape index (κ1) is 16.9. The third-order valence-corrected chi connectivity index (χ3v) is 4.07. The maximum atomic E-state index is 11.7. The Morgan fingerprint density at radius 1 is 1.12 bits per heavy atom. The lowest BCUT2D eigenvalue weighted by atomic mass is 10.1. The van der Waals surface area contributed by atoms with Crippen LogP contribution in [0.3, 0.4) is 0 Å². The van der Waals surface area contributed by atoms with Crippen molar-refractivity contribution >= 4 is 23.6 Å². The van der Waals surface area contributed by atoms with Crippen LogP contribution in [0, 0.1) is 0 Å². The maximum Gasteiger partial charge on any atom is 0.245 e. The second-order valence-electron chi connectivity index (χ2n) is 5.62. The van der Waals surface area contributed by atoms with Gasteiger partial charge in [0.25, 0.3) is 0 Å². The molecule has 1 amide bonds. The maximum absolute atomic E-state index is 11.7. The Hall–Kier alpha value is -2.92. The number of nitrogens with two attached hydrogens (primary N) is 1. The minimum absolute atomic E-state index is 0.326. The zero-order valence-electron chi connectivity index (χ0n) is 13.5. The van der Waals surface area contributed by atoms with E-state index in [1.165, 1.54) is 0 Å². The van der Waals surface area contributed by atoms with Gasteiger partial charge in [-0.3, -0.25) is 4.79 Å². The molecule has 0 spiro atoms. The molecule has 0 unspecified atom stereocenters. The summed E-state index contributed by atoms with van der Waals surface area (Å²) in [4.78, 5) is 11.7. The van der Waals surface area contributed by atoms with E-state index in [-0.39, 0.29) is 0 Å². The van der Waals surface area contributed by atoms with Gasteiger partial charge in [-0.1, -0.05) is 65.3 Å². The SMILES string of the molecule is NC(=O)C(=Cc1ccccc1)Cc1cn(Cc2ccccc2Cl)nn1. The van der Waals surface area contributed by atoms with Crippen molar-refractivity contribution in [3.63, 3.8) is 0 Å². The van der Waals surface area contributed by atoms with Crippen molar-refractivity contribution in [1.82, 2.24) is 15.0 Å². The van der Waals surface area contributed by atoms with Crippen LogP contribution in [0.1, 0.15) is 16.8 Å².